The Labute approximate surface area is 90.8 Å². The third-order valence-electron chi connectivity index (χ3n) is 1.95. The molecule has 5 heteroatoms. The molecule has 0 aliphatic heterocycles. The third-order valence-corrected chi connectivity index (χ3v) is 2.83. The molecule has 0 atom stereocenters. The maximum Gasteiger partial charge on any atom is 0.251 e. The van der Waals surface area contributed by atoms with E-state index >= 15 is 0 Å². The Morgan fingerprint density at radius 3 is 3.07 bits per heavy atom. The van der Waals surface area contributed by atoms with Crippen molar-refractivity contribution in [3.05, 3.63) is 39.6 Å². The van der Waals surface area contributed by atoms with Crippen molar-refractivity contribution in [2.24, 2.45) is 5.73 Å². The van der Waals surface area contributed by atoms with E-state index in [0.29, 0.717) is 18.8 Å². The molecule has 0 spiro atoms. The van der Waals surface area contributed by atoms with Crippen LogP contribution < -0.4 is 11.3 Å². The first-order chi connectivity index (χ1) is 7.29. The van der Waals surface area contributed by atoms with Gasteiger partial charge in [0.15, 0.2) is 0 Å². The number of aromatic nitrogens is 2. The summed E-state index contributed by atoms with van der Waals surface area (Å²) < 4.78 is 0. The first-order valence-corrected chi connectivity index (χ1v) is 5.52. The molecule has 15 heavy (non-hydrogen) atoms. The number of nitrogens with zero attached hydrogens (tertiary/aromatic N) is 1. The van der Waals surface area contributed by atoms with Crippen molar-refractivity contribution >= 4 is 11.3 Å². The maximum absolute atomic E-state index is 11.3. The van der Waals surface area contributed by atoms with E-state index in [9.17, 15) is 4.79 Å². The molecule has 2 aromatic heterocycles. The molecule has 0 aliphatic rings. The largest absolute Gasteiger partial charge is 0.330 e. The van der Waals surface area contributed by atoms with Crippen molar-refractivity contribution in [1.82, 2.24) is 9.97 Å². The highest BCUT2D eigenvalue weighted by Crippen LogP contribution is 2.19. The average Bonchev–Trinajstić information content (AvgIpc) is 2.70. The fourth-order valence-corrected chi connectivity index (χ4v) is 1.98. The van der Waals surface area contributed by atoms with Gasteiger partial charge in [0.05, 0.1) is 4.88 Å². The Bertz CT molecular complexity index is 490. The molecule has 78 valence electrons. The van der Waals surface area contributed by atoms with Crippen LogP contribution in [0.5, 0.6) is 0 Å². The monoisotopic (exact) mass is 221 g/mol. The summed E-state index contributed by atoms with van der Waals surface area (Å²) in [5.74, 6) is 0.626. The van der Waals surface area contributed by atoms with Crippen molar-refractivity contribution in [3.8, 4) is 10.7 Å². The van der Waals surface area contributed by atoms with Crippen LogP contribution in [0.1, 0.15) is 5.69 Å². The predicted molar refractivity (Wildman–Crippen MR) is 60.9 cm³/mol. The molecule has 2 heterocycles. The molecule has 2 aromatic rings. The third kappa shape index (κ3) is 2.31. The Hall–Kier alpha value is -1.46. The lowest BCUT2D eigenvalue weighted by molar-refractivity contribution is 0.907. The number of thiophene rings is 1. The fraction of sp³-hybridized carbons (Fsp3) is 0.200. The number of rotatable bonds is 3. The summed E-state index contributed by atoms with van der Waals surface area (Å²) in [5, 5.41) is 1.95. The second kappa shape index (κ2) is 4.37. The Kier molecular flexibility index (Phi) is 2.94. The van der Waals surface area contributed by atoms with Crippen LogP contribution in [0.25, 0.3) is 10.7 Å². The summed E-state index contributed by atoms with van der Waals surface area (Å²) in [5.41, 5.74) is 6.04. The first-order valence-electron chi connectivity index (χ1n) is 4.64. The van der Waals surface area contributed by atoms with E-state index in [4.69, 9.17) is 5.73 Å². The van der Waals surface area contributed by atoms with Crippen LogP contribution in [-0.4, -0.2) is 16.5 Å². The van der Waals surface area contributed by atoms with Crippen LogP contribution in [0.2, 0.25) is 0 Å². The number of hydrogen-bond donors (Lipinski definition) is 2. The van der Waals surface area contributed by atoms with Crippen LogP contribution in [0.4, 0.5) is 0 Å². The van der Waals surface area contributed by atoms with Gasteiger partial charge < -0.3 is 10.7 Å². The lowest BCUT2D eigenvalue weighted by Gasteiger charge is -2.00. The number of aromatic amines is 1. The van der Waals surface area contributed by atoms with Gasteiger partial charge in [0.1, 0.15) is 5.82 Å². The molecule has 0 aromatic carbocycles. The number of H-pyrrole nitrogens is 1. The summed E-state index contributed by atoms with van der Waals surface area (Å²) in [6.45, 7) is 0.500. The van der Waals surface area contributed by atoms with E-state index in [2.05, 4.69) is 9.97 Å². The van der Waals surface area contributed by atoms with E-state index in [1.807, 2.05) is 17.5 Å². The zero-order valence-electron chi connectivity index (χ0n) is 8.06. The molecule has 4 nitrogen and oxygen atoms in total. The summed E-state index contributed by atoms with van der Waals surface area (Å²) in [6.07, 6.45) is 0.627. The minimum atomic E-state index is -0.128. The minimum Gasteiger partial charge on any atom is -0.330 e. The molecule has 0 saturated carbocycles. The van der Waals surface area contributed by atoms with Gasteiger partial charge in [0.25, 0.3) is 5.56 Å². The Morgan fingerprint density at radius 1 is 1.53 bits per heavy atom. The van der Waals surface area contributed by atoms with E-state index in [-0.39, 0.29) is 5.56 Å². The average molecular weight is 221 g/mol. The Balaban J connectivity index is 2.44. The molecule has 2 rings (SSSR count). The minimum absolute atomic E-state index is 0.128. The second-order valence-corrected chi connectivity index (χ2v) is 4.05. The zero-order valence-corrected chi connectivity index (χ0v) is 8.88. The van der Waals surface area contributed by atoms with Gasteiger partial charge >= 0.3 is 0 Å². The fourth-order valence-electron chi connectivity index (χ4n) is 1.31. The molecule has 0 amide bonds. The summed E-state index contributed by atoms with van der Waals surface area (Å²) in [4.78, 5) is 19.4. The Morgan fingerprint density at radius 2 is 2.40 bits per heavy atom. The van der Waals surface area contributed by atoms with Gasteiger partial charge in [-0.15, -0.1) is 11.3 Å². The smallest absolute Gasteiger partial charge is 0.251 e. The molecular weight excluding hydrogens is 210 g/mol. The zero-order chi connectivity index (χ0) is 10.7. The molecule has 0 fully saturated rings. The molecule has 0 saturated heterocycles. The predicted octanol–water partition coefficient (Wildman–Crippen LogP) is 1.000. The number of hydrogen-bond acceptors (Lipinski definition) is 4. The van der Waals surface area contributed by atoms with E-state index in [0.717, 1.165) is 10.6 Å². The second-order valence-electron chi connectivity index (χ2n) is 3.10. The van der Waals surface area contributed by atoms with Crippen molar-refractivity contribution in [3.63, 3.8) is 0 Å². The van der Waals surface area contributed by atoms with Crippen LogP contribution in [0, 0.1) is 0 Å². The van der Waals surface area contributed by atoms with E-state index in [1.54, 1.807) is 11.3 Å². The SMILES string of the molecule is NCCc1cc(=O)[nH]c(-c2cccs2)n1. The van der Waals surface area contributed by atoms with Crippen LogP contribution >= 0.6 is 11.3 Å². The standard InChI is InChI=1S/C10H11N3OS/c11-4-3-7-6-9(14)13-10(12-7)8-2-1-5-15-8/h1-2,5-6H,3-4,11H2,(H,12,13,14). The van der Waals surface area contributed by atoms with Crippen molar-refractivity contribution in [2.75, 3.05) is 6.54 Å². The van der Waals surface area contributed by atoms with Crippen molar-refractivity contribution in [2.45, 2.75) is 6.42 Å². The quantitative estimate of drug-likeness (QED) is 0.812. The van der Waals surface area contributed by atoms with Gasteiger partial charge in [0, 0.05) is 18.2 Å². The van der Waals surface area contributed by atoms with Gasteiger partial charge in [-0.3, -0.25) is 4.79 Å². The lowest BCUT2D eigenvalue weighted by atomic mass is 10.3. The number of nitrogens with two attached hydrogens (primary N) is 1. The van der Waals surface area contributed by atoms with Gasteiger partial charge in [-0.05, 0) is 18.0 Å². The maximum atomic E-state index is 11.3. The molecule has 0 aliphatic carbocycles. The normalized spacial score (nSPS) is 10.5. The lowest BCUT2D eigenvalue weighted by Crippen LogP contribution is -2.13. The van der Waals surface area contributed by atoms with E-state index < -0.39 is 0 Å². The van der Waals surface area contributed by atoms with Gasteiger partial charge in [-0.2, -0.15) is 0 Å². The highest BCUT2D eigenvalue weighted by Gasteiger charge is 2.03. The van der Waals surface area contributed by atoms with E-state index in [1.165, 1.54) is 6.07 Å². The van der Waals surface area contributed by atoms with Gasteiger partial charge in [0.2, 0.25) is 0 Å². The van der Waals surface area contributed by atoms with Crippen LogP contribution in [0.3, 0.4) is 0 Å². The molecule has 0 radical (unpaired) electrons. The molecular formula is C10H11N3OS. The van der Waals surface area contributed by atoms with Crippen LogP contribution in [-0.2, 0) is 6.42 Å². The summed E-state index contributed by atoms with van der Waals surface area (Å²) in [7, 11) is 0. The topological polar surface area (TPSA) is 71.8 Å². The first kappa shape index (κ1) is 10.1. The van der Waals surface area contributed by atoms with Crippen molar-refractivity contribution < 1.29 is 0 Å². The van der Waals surface area contributed by atoms with Gasteiger partial charge in [-0.1, -0.05) is 6.07 Å². The highest BCUT2D eigenvalue weighted by atomic mass is 32.1. The molecule has 0 bridgehead atoms. The number of nitrogens with one attached hydrogen (secondary N) is 1. The summed E-state index contributed by atoms with van der Waals surface area (Å²) >= 11 is 1.55. The summed E-state index contributed by atoms with van der Waals surface area (Å²) in [6, 6.07) is 5.34. The van der Waals surface area contributed by atoms with Crippen molar-refractivity contribution in [1.29, 1.82) is 0 Å². The van der Waals surface area contributed by atoms with Crippen LogP contribution in [0.15, 0.2) is 28.4 Å². The molecule has 3 N–H and O–H groups in total. The highest BCUT2D eigenvalue weighted by molar-refractivity contribution is 7.13. The molecule has 0 unspecified atom stereocenters. The van der Waals surface area contributed by atoms with Gasteiger partial charge in [-0.25, -0.2) is 4.98 Å².